The van der Waals surface area contributed by atoms with Crippen LogP contribution in [0.25, 0.3) is 0 Å². The molecule has 0 spiro atoms. The Labute approximate surface area is 142 Å². The van der Waals surface area contributed by atoms with Crippen molar-refractivity contribution in [2.75, 3.05) is 11.9 Å². The molecule has 2 N–H and O–H groups in total. The number of halogens is 1. The summed E-state index contributed by atoms with van der Waals surface area (Å²) in [7, 11) is 0. The molecular formula is C19H21ClN2O. The van der Waals surface area contributed by atoms with Crippen LogP contribution in [0.1, 0.15) is 30.9 Å². The third kappa shape index (κ3) is 3.85. The van der Waals surface area contributed by atoms with Crippen LogP contribution in [-0.2, 0) is 11.8 Å². The van der Waals surface area contributed by atoms with Gasteiger partial charge >= 0.3 is 6.03 Å². The molecule has 2 amide bonds. The molecule has 0 aromatic heterocycles. The number of hydrogen-bond acceptors (Lipinski definition) is 1. The van der Waals surface area contributed by atoms with Crippen LogP contribution in [-0.4, -0.2) is 12.6 Å². The molecule has 1 aliphatic rings. The fourth-order valence-electron chi connectivity index (χ4n) is 2.77. The van der Waals surface area contributed by atoms with Gasteiger partial charge < -0.3 is 10.6 Å². The number of carbonyl (C=O) groups excluding carboxylic acids is 1. The van der Waals surface area contributed by atoms with E-state index >= 15 is 0 Å². The van der Waals surface area contributed by atoms with Crippen molar-refractivity contribution in [2.45, 2.75) is 31.6 Å². The van der Waals surface area contributed by atoms with Gasteiger partial charge in [-0.25, -0.2) is 4.79 Å². The molecule has 1 fully saturated rings. The summed E-state index contributed by atoms with van der Waals surface area (Å²) in [6.45, 7) is 2.76. The second-order valence-corrected chi connectivity index (χ2v) is 6.58. The van der Waals surface area contributed by atoms with Gasteiger partial charge in [0.05, 0.1) is 0 Å². The van der Waals surface area contributed by atoms with Crippen molar-refractivity contribution in [3.63, 3.8) is 0 Å². The lowest BCUT2D eigenvalue weighted by Crippen LogP contribution is -2.35. The van der Waals surface area contributed by atoms with Crippen LogP contribution in [0.2, 0.25) is 5.02 Å². The average Bonchev–Trinajstić information content (AvgIpc) is 3.35. The number of benzene rings is 2. The number of nitrogens with one attached hydrogen (secondary N) is 2. The van der Waals surface area contributed by atoms with Gasteiger partial charge in [0.1, 0.15) is 0 Å². The second-order valence-electron chi connectivity index (χ2n) is 6.15. The highest BCUT2D eigenvalue weighted by molar-refractivity contribution is 6.30. The van der Waals surface area contributed by atoms with Crippen molar-refractivity contribution in [3.8, 4) is 0 Å². The summed E-state index contributed by atoms with van der Waals surface area (Å²) in [5.74, 6) is 0. The van der Waals surface area contributed by atoms with Crippen molar-refractivity contribution in [1.82, 2.24) is 5.32 Å². The molecule has 0 atom stereocenters. The Kier molecular flexibility index (Phi) is 4.58. The predicted octanol–water partition coefficient (Wildman–Crippen LogP) is 4.76. The van der Waals surface area contributed by atoms with Crippen LogP contribution in [0.3, 0.4) is 0 Å². The summed E-state index contributed by atoms with van der Waals surface area (Å²) in [5.41, 5.74) is 3.40. The van der Waals surface area contributed by atoms with Crippen LogP contribution in [0.4, 0.5) is 10.5 Å². The SMILES string of the molecule is CCc1ccc(NC(=O)NCC2(c3ccc(Cl)cc3)CC2)cc1. The van der Waals surface area contributed by atoms with E-state index < -0.39 is 0 Å². The molecule has 1 aliphatic carbocycles. The monoisotopic (exact) mass is 328 g/mol. The lowest BCUT2D eigenvalue weighted by molar-refractivity contribution is 0.251. The number of aryl methyl sites for hydroxylation is 1. The van der Waals surface area contributed by atoms with Crippen molar-refractivity contribution < 1.29 is 4.79 Å². The molecule has 120 valence electrons. The van der Waals surface area contributed by atoms with E-state index in [1.54, 1.807) is 0 Å². The lowest BCUT2D eigenvalue weighted by atomic mass is 9.96. The van der Waals surface area contributed by atoms with Gasteiger partial charge in [-0.2, -0.15) is 0 Å². The van der Waals surface area contributed by atoms with Crippen LogP contribution in [0, 0.1) is 0 Å². The fraction of sp³-hybridized carbons (Fsp3) is 0.316. The summed E-state index contributed by atoms with van der Waals surface area (Å²) >= 11 is 5.94. The van der Waals surface area contributed by atoms with Crippen molar-refractivity contribution in [3.05, 3.63) is 64.7 Å². The number of urea groups is 1. The van der Waals surface area contributed by atoms with E-state index in [4.69, 9.17) is 11.6 Å². The number of rotatable bonds is 5. The minimum absolute atomic E-state index is 0.0774. The Morgan fingerprint density at radius 3 is 2.30 bits per heavy atom. The van der Waals surface area contributed by atoms with Crippen LogP contribution >= 0.6 is 11.6 Å². The Balaban J connectivity index is 1.55. The molecule has 3 rings (SSSR count). The van der Waals surface area contributed by atoms with Gasteiger partial charge in [-0.15, -0.1) is 0 Å². The maximum atomic E-state index is 12.1. The molecule has 0 aliphatic heterocycles. The molecule has 2 aromatic carbocycles. The maximum absolute atomic E-state index is 12.1. The highest BCUT2D eigenvalue weighted by atomic mass is 35.5. The largest absolute Gasteiger partial charge is 0.337 e. The molecule has 1 saturated carbocycles. The predicted molar refractivity (Wildman–Crippen MR) is 95.2 cm³/mol. The zero-order valence-electron chi connectivity index (χ0n) is 13.2. The number of carbonyl (C=O) groups is 1. The topological polar surface area (TPSA) is 41.1 Å². The summed E-state index contributed by atoms with van der Waals surface area (Å²) < 4.78 is 0. The van der Waals surface area contributed by atoms with E-state index in [-0.39, 0.29) is 11.4 Å². The standard InChI is InChI=1S/C19H21ClN2O/c1-2-14-3-9-17(10-4-14)22-18(23)21-13-19(11-12-19)15-5-7-16(20)8-6-15/h3-10H,2,11-13H2,1H3,(H2,21,22,23). The third-order valence-corrected chi connectivity index (χ3v) is 4.77. The fourth-order valence-corrected chi connectivity index (χ4v) is 2.90. The molecule has 0 saturated heterocycles. The van der Waals surface area contributed by atoms with E-state index in [0.29, 0.717) is 6.54 Å². The van der Waals surface area contributed by atoms with Crippen molar-refractivity contribution in [2.24, 2.45) is 0 Å². The van der Waals surface area contributed by atoms with Gasteiger partial charge in [0, 0.05) is 22.7 Å². The first kappa shape index (κ1) is 15.9. The summed E-state index contributed by atoms with van der Waals surface area (Å²) in [6, 6.07) is 15.7. The smallest absolute Gasteiger partial charge is 0.319 e. The van der Waals surface area contributed by atoms with Gasteiger partial charge in [-0.3, -0.25) is 0 Å². The molecular weight excluding hydrogens is 308 g/mol. The van der Waals surface area contributed by atoms with Gasteiger partial charge in [-0.1, -0.05) is 42.8 Å². The molecule has 2 aromatic rings. The quantitative estimate of drug-likeness (QED) is 0.816. The highest BCUT2D eigenvalue weighted by Gasteiger charge is 2.44. The van der Waals surface area contributed by atoms with E-state index in [1.165, 1.54) is 11.1 Å². The van der Waals surface area contributed by atoms with Crippen LogP contribution in [0.5, 0.6) is 0 Å². The molecule has 3 nitrogen and oxygen atoms in total. The first-order valence-corrected chi connectivity index (χ1v) is 8.39. The lowest BCUT2D eigenvalue weighted by Gasteiger charge is -2.17. The molecule has 23 heavy (non-hydrogen) atoms. The van der Waals surface area contributed by atoms with E-state index in [9.17, 15) is 4.79 Å². The number of anilines is 1. The average molecular weight is 329 g/mol. The normalized spacial score (nSPS) is 15.0. The molecule has 0 radical (unpaired) electrons. The van der Waals surface area contributed by atoms with Gasteiger partial charge in [0.2, 0.25) is 0 Å². The minimum Gasteiger partial charge on any atom is -0.337 e. The highest BCUT2D eigenvalue weighted by Crippen LogP contribution is 2.47. The Morgan fingerprint density at radius 1 is 1.09 bits per heavy atom. The van der Waals surface area contributed by atoms with E-state index in [2.05, 4.69) is 29.7 Å². The first-order chi connectivity index (χ1) is 11.1. The molecule has 0 bridgehead atoms. The summed E-state index contributed by atoms with van der Waals surface area (Å²) in [4.78, 5) is 12.1. The first-order valence-electron chi connectivity index (χ1n) is 8.01. The van der Waals surface area contributed by atoms with Gasteiger partial charge in [0.25, 0.3) is 0 Å². The van der Waals surface area contributed by atoms with E-state index in [0.717, 1.165) is 30.0 Å². The summed E-state index contributed by atoms with van der Waals surface area (Å²) in [6.07, 6.45) is 3.19. The zero-order valence-corrected chi connectivity index (χ0v) is 14.0. The molecule has 0 unspecified atom stereocenters. The van der Waals surface area contributed by atoms with Crippen molar-refractivity contribution in [1.29, 1.82) is 0 Å². The number of hydrogen-bond donors (Lipinski definition) is 2. The van der Waals surface area contributed by atoms with E-state index in [1.807, 2.05) is 36.4 Å². The number of amides is 2. The Bertz CT molecular complexity index is 676. The Morgan fingerprint density at radius 2 is 1.74 bits per heavy atom. The van der Waals surface area contributed by atoms with Crippen molar-refractivity contribution >= 4 is 23.3 Å². The van der Waals surface area contributed by atoms with Crippen LogP contribution < -0.4 is 10.6 Å². The zero-order chi connectivity index (χ0) is 16.3. The second kappa shape index (κ2) is 6.63. The molecule has 0 heterocycles. The summed E-state index contributed by atoms with van der Waals surface area (Å²) in [5, 5.41) is 6.62. The Hall–Kier alpha value is -2.00. The van der Waals surface area contributed by atoms with Gasteiger partial charge in [-0.05, 0) is 54.7 Å². The van der Waals surface area contributed by atoms with Crippen LogP contribution in [0.15, 0.2) is 48.5 Å². The van der Waals surface area contributed by atoms with Gasteiger partial charge in [0.15, 0.2) is 0 Å². The minimum atomic E-state index is -0.158. The third-order valence-electron chi connectivity index (χ3n) is 4.52. The maximum Gasteiger partial charge on any atom is 0.319 e. The molecule has 4 heteroatoms.